The van der Waals surface area contributed by atoms with E-state index in [1.807, 2.05) is 6.92 Å². The third-order valence-corrected chi connectivity index (χ3v) is 3.01. The molecule has 1 aromatic rings. The zero-order valence-electron chi connectivity index (χ0n) is 13.3. The average Bonchev–Trinajstić information content (AvgIpc) is 2.51. The molecule has 0 radical (unpaired) electrons. The molecule has 7 heteroatoms. The molecule has 1 rings (SSSR count). The Morgan fingerprint density at radius 1 is 1.17 bits per heavy atom. The molecule has 126 valence electrons. The van der Waals surface area contributed by atoms with Gasteiger partial charge in [-0.15, -0.1) is 0 Å². The van der Waals surface area contributed by atoms with Crippen LogP contribution < -0.4 is 15.4 Å². The predicted octanol–water partition coefficient (Wildman–Crippen LogP) is 1.04. The lowest BCUT2D eigenvalue weighted by atomic mass is 10.1. The summed E-state index contributed by atoms with van der Waals surface area (Å²) >= 11 is 0. The molecule has 0 saturated heterocycles. The Kier molecular flexibility index (Phi) is 7.59. The highest BCUT2D eigenvalue weighted by Crippen LogP contribution is 2.11. The zero-order chi connectivity index (χ0) is 17.2. The second kappa shape index (κ2) is 9.45. The molecule has 0 aliphatic rings. The maximum absolute atomic E-state index is 11.9. The van der Waals surface area contributed by atoms with Crippen LogP contribution in [0, 0.1) is 5.92 Å². The van der Waals surface area contributed by atoms with Crippen molar-refractivity contribution in [3.05, 3.63) is 29.8 Å². The second-order valence-electron chi connectivity index (χ2n) is 5.15. The van der Waals surface area contributed by atoms with E-state index in [1.54, 1.807) is 31.2 Å². The second-order valence-corrected chi connectivity index (χ2v) is 5.15. The Balaban J connectivity index is 2.34. The number of amides is 2. The van der Waals surface area contributed by atoms with Gasteiger partial charge in [0.25, 0.3) is 5.91 Å². The largest absolute Gasteiger partial charge is 0.494 e. The van der Waals surface area contributed by atoms with Crippen molar-refractivity contribution < 1.29 is 24.2 Å². The molecule has 23 heavy (non-hydrogen) atoms. The first kappa shape index (κ1) is 18.5. The van der Waals surface area contributed by atoms with Crippen molar-refractivity contribution in [3.8, 4) is 5.75 Å². The van der Waals surface area contributed by atoms with Gasteiger partial charge in [0.2, 0.25) is 5.91 Å². The van der Waals surface area contributed by atoms with Gasteiger partial charge < -0.3 is 20.5 Å². The molecule has 0 fully saturated rings. The average molecular weight is 322 g/mol. The number of carboxylic acids is 1. The van der Waals surface area contributed by atoms with Crippen LogP contribution in [0.25, 0.3) is 0 Å². The third kappa shape index (κ3) is 7.30. The molecular formula is C16H22N2O5. The Hall–Kier alpha value is -2.57. The highest BCUT2D eigenvalue weighted by molar-refractivity contribution is 5.96. The summed E-state index contributed by atoms with van der Waals surface area (Å²) in [5.41, 5.74) is 0.431. The standard InChI is InChI=1S/C16H22N2O5/c1-3-23-13-6-4-12(5-7-13)16(22)18-10-14(19)17-9-11(2)8-15(20)21/h4-7,11H,3,8-10H2,1-2H3,(H,17,19)(H,18,22)(H,20,21). The van der Waals surface area contributed by atoms with Crippen molar-refractivity contribution in [3.63, 3.8) is 0 Å². The van der Waals surface area contributed by atoms with E-state index in [-0.39, 0.29) is 37.2 Å². The summed E-state index contributed by atoms with van der Waals surface area (Å²) in [6.07, 6.45) is -0.0151. The fourth-order valence-electron chi connectivity index (χ4n) is 1.85. The van der Waals surface area contributed by atoms with Gasteiger partial charge >= 0.3 is 5.97 Å². The van der Waals surface area contributed by atoms with Crippen molar-refractivity contribution in [2.75, 3.05) is 19.7 Å². The van der Waals surface area contributed by atoms with Gasteiger partial charge in [0.15, 0.2) is 0 Å². The van der Waals surface area contributed by atoms with Crippen molar-refractivity contribution >= 4 is 17.8 Å². The highest BCUT2D eigenvalue weighted by Gasteiger charge is 2.11. The van der Waals surface area contributed by atoms with Crippen LogP contribution in [-0.4, -0.2) is 42.6 Å². The molecular weight excluding hydrogens is 300 g/mol. The van der Waals surface area contributed by atoms with E-state index in [1.165, 1.54) is 0 Å². The van der Waals surface area contributed by atoms with E-state index < -0.39 is 5.97 Å². The van der Waals surface area contributed by atoms with Crippen molar-refractivity contribution in [1.29, 1.82) is 0 Å². The van der Waals surface area contributed by atoms with Crippen LogP contribution in [0.1, 0.15) is 30.6 Å². The van der Waals surface area contributed by atoms with Crippen LogP contribution in [0.4, 0.5) is 0 Å². The maximum atomic E-state index is 11.9. The Labute approximate surface area is 135 Å². The van der Waals surface area contributed by atoms with Crippen LogP contribution in [0.15, 0.2) is 24.3 Å². The number of ether oxygens (including phenoxy) is 1. The minimum atomic E-state index is -0.907. The summed E-state index contributed by atoms with van der Waals surface area (Å²) in [6.45, 7) is 4.24. The molecule has 1 atom stereocenters. The molecule has 1 unspecified atom stereocenters. The van der Waals surface area contributed by atoms with E-state index in [4.69, 9.17) is 9.84 Å². The number of carboxylic acid groups (broad SMARTS) is 1. The van der Waals surface area contributed by atoms with E-state index in [2.05, 4.69) is 10.6 Å². The summed E-state index contributed by atoms with van der Waals surface area (Å²) in [7, 11) is 0. The number of hydrogen-bond acceptors (Lipinski definition) is 4. The number of carbonyl (C=O) groups excluding carboxylic acids is 2. The summed E-state index contributed by atoms with van der Waals surface area (Å²) in [6, 6.07) is 6.61. The Bertz CT molecular complexity index is 542. The molecule has 0 spiro atoms. The first-order valence-electron chi connectivity index (χ1n) is 7.42. The molecule has 0 bridgehead atoms. The lowest BCUT2D eigenvalue weighted by Gasteiger charge is -2.11. The monoisotopic (exact) mass is 322 g/mol. The molecule has 2 amide bonds. The molecule has 3 N–H and O–H groups in total. The fraction of sp³-hybridized carbons (Fsp3) is 0.438. The van der Waals surface area contributed by atoms with Crippen molar-refractivity contribution in [2.24, 2.45) is 5.92 Å². The lowest BCUT2D eigenvalue weighted by Crippen LogP contribution is -2.38. The predicted molar refractivity (Wildman–Crippen MR) is 84.4 cm³/mol. The zero-order valence-corrected chi connectivity index (χ0v) is 13.3. The normalized spacial score (nSPS) is 11.4. The van der Waals surface area contributed by atoms with Gasteiger partial charge in [0.05, 0.1) is 13.2 Å². The van der Waals surface area contributed by atoms with Gasteiger partial charge in [0.1, 0.15) is 5.75 Å². The summed E-state index contributed by atoms with van der Waals surface area (Å²) in [5, 5.41) is 13.7. The molecule has 0 saturated carbocycles. The van der Waals surface area contributed by atoms with Gasteiger partial charge in [-0.25, -0.2) is 0 Å². The van der Waals surface area contributed by atoms with Gasteiger partial charge in [-0.2, -0.15) is 0 Å². The van der Waals surface area contributed by atoms with Gasteiger partial charge in [-0.05, 0) is 37.1 Å². The van der Waals surface area contributed by atoms with Crippen molar-refractivity contribution in [1.82, 2.24) is 10.6 Å². The first-order valence-corrected chi connectivity index (χ1v) is 7.42. The summed E-state index contributed by atoms with van der Waals surface area (Å²) < 4.78 is 5.28. The number of nitrogens with one attached hydrogen (secondary N) is 2. The quantitative estimate of drug-likeness (QED) is 0.630. The number of hydrogen-bond donors (Lipinski definition) is 3. The summed E-state index contributed by atoms with van der Waals surface area (Å²) in [4.78, 5) is 34.0. The molecule has 1 aromatic carbocycles. The van der Waals surface area contributed by atoms with Crippen molar-refractivity contribution in [2.45, 2.75) is 20.3 Å². The van der Waals surface area contributed by atoms with Crippen LogP contribution >= 0.6 is 0 Å². The molecule has 0 aromatic heterocycles. The van der Waals surface area contributed by atoms with E-state index >= 15 is 0 Å². The smallest absolute Gasteiger partial charge is 0.303 e. The fourth-order valence-corrected chi connectivity index (χ4v) is 1.85. The third-order valence-electron chi connectivity index (χ3n) is 3.01. The van der Waals surface area contributed by atoms with E-state index in [0.29, 0.717) is 17.9 Å². The number of aliphatic carboxylic acids is 1. The summed E-state index contributed by atoms with van der Waals surface area (Å²) in [5.74, 6) is -1.12. The van der Waals surface area contributed by atoms with E-state index in [0.717, 1.165) is 0 Å². The minimum Gasteiger partial charge on any atom is -0.494 e. The topological polar surface area (TPSA) is 105 Å². The van der Waals surface area contributed by atoms with Gasteiger partial charge in [-0.3, -0.25) is 14.4 Å². The van der Waals surface area contributed by atoms with Crippen LogP contribution in [0.2, 0.25) is 0 Å². The molecule has 0 aliphatic carbocycles. The Morgan fingerprint density at radius 3 is 2.39 bits per heavy atom. The Morgan fingerprint density at radius 2 is 1.83 bits per heavy atom. The SMILES string of the molecule is CCOc1ccc(C(=O)NCC(=O)NCC(C)CC(=O)O)cc1. The highest BCUT2D eigenvalue weighted by atomic mass is 16.5. The van der Waals surface area contributed by atoms with Crippen LogP contribution in [-0.2, 0) is 9.59 Å². The van der Waals surface area contributed by atoms with Crippen LogP contribution in [0.5, 0.6) is 5.75 Å². The molecule has 0 aliphatic heterocycles. The van der Waals surface area contributed by atoms with E-state index in [9.17, 15) is 14.4 Å². The van der Waals surface area contributed by atoms with Crippen LogP contribution in [0.3, 0.4) is 0 Å². The molecule has 7 nitrogen and oxygen atoms in total. The number of rotatable bonds is 9. The minimum absolute atomic E-state index is 0.0151. The maximum Gasteiger partial charge on any atom is 0.303 e. The lowest BCUT2D eigenvalue weighted by molar-refractivity contribution is -0.138. The van der Waals surface area contributed by atoms with Gasteiger partial charge in [0, 0.05) is 18.5 Å². The van der Waals surface area contributed by atoms with Gasteiger partial charge in [-0.1, -0.05) is 6.92 Å². The number of carbonyl (C=O) groups is 3. The number of benzene rings is 1. The molecule has 0 heterocycles. The first-order chi connectivity index (χ1) is 10.9.